The van der Waals surface area contributed by atoms with E-state index in [1.807, 2.05) is 20.8 Å². The molecule has 2 aliphatic carbocycles. The summed E-state index contributed by atoms with van der Waals surface area (Å²) in [6, 6.07) is 3.19. The van der Waals surface area contributed by atoms with Crippen LogP contribution in [-0.2, 0) is 9.53 Å². The predicted molar refractivity (Wildman–Crippen MR) is 148 cm³/mol. The summed E-state index contributed by atoms with van der Waals surface area (Å²) in [5.74, 6) is -1.59. The van der Waals surface area contributed by atoms with Crippen LogP contribution in [0, 0.1) is 46.2 Å². The molecule has 6 rings (SSSR count). The van der Waals surface area contributed by atoms with E-state index in [1.165, 1.54) is 30.2 Å². The molecule has 5 aliphatic rings. The Kier molecular flexibility index (Phi) is 7.26. The normalized spacial score (nSPS) is 37.6. The largest absolute Gasteiger partial charge is 0.478 e. The van der Waals surface area contributed by atoms with Crippen LogP contribution in [0.4, 0.5) is 19.3 Å². The molecule has 2 bridgehead atoms. The van der Waals surface area contributed by atoms with Gasteiger partial charge in [-0.05, 0) is 54.1 Å². The number of alkyl halides is 1. The Hall–Kier alpha value is -3.21. The first-order valence-electron chi connectivity index (χ1n) is 14.8. The second-order valence-electron chi connectivity index (χ2n) is 13.9. The Morgan fingerprint density at radius 3 is 2.72 bits per heavy atom. The number of amides is 2. The van der Waals surface area contributed by atoms with Crippen molar-refractivity contribution in [2.45, 2.75) is 82.4 Å². The van der Waals surface area contributed by atoms with Crippen LogP contribution < -0.4 is 15.4 Å². The lowest BCUT2D eigenvalue weighted by atomic mass is 9.77. The molecule has 2 saturated carbocycles. The summed E-state index contributed by atoms with van der Waals surface area (Å²) in [5, 5.41) is 38.7. The van der Waals surface area contributed by atoms with Gasteiger partial charge in [0, 0.05) is 19.0 Å². The quantitative estimate of drug-likeness (QED) is 0.407. The molecule has 4 fully saturated rings. The summed E-state index contributed by atoms with van der Waals surface area (Å²) in [6.07, 6.45) is -3.40. The maximum absolute atomic E-state index is 15.2. The molecule has 3 heterocycles. The van der Waals surface area contributed by atoms with Crippen molar-refractivity contribution in [3.8, 4) is 11.8 Å². The summed E-state index contributed by atoms with van der Waals surface area (Å²) < 4.78 is 40.2. The number of anilines is 1. The Bertz CT molecular complexity index is 1340. The molecule has 43 heavy (non-hydrogen) atoms. The van der Waals surface area contributed by atoms with Crippen LogP contribution in [0.5, 0.6) is 5.75 Å². The van der Waals surface area contributed by atoms with Gasteiger partial charge in [-0.25, -0.2) is 13.6 Å². The van der Waals surface area contributed by atoms with Crippen molar-refractivity contribution in [3.63, 3.8) is 0 Å². The van der Waals surface area contributed by atoms with Gasteiger partial charge in [0.25, 0.3) is 0 Å². The van der Waals surface area contributed by atoms with Crippen LogP contribution in [0.3, 0.4) is 0 Å². The minimum Gasteiger partial charge on any atom is -0.478 e. The van der Waals surface area contributed by atoms with Crippen molar-refractivity contribution >= 4 is 17.7 Å². The average molecular weight is 604 g/mol. The number of hydrogen-bond acceptors (Lipinski definition) is 9. The second-order valence-corrected chi connectivity index (χ2v) is 13.9. The van der Waals surface area contributed by atoms with Crippen LogP contribution in [0.15, 0.2) is 18.2 Å². The lowest BCUT2D eigenvalue weighted by Crippen LogP contribution is -2.62. The number of likely N-dealkylation sites (tertiary alicyclic amines) is 2. The van der Waals surface area contributed by atoms with Crippen LogP contribution in [0.25, 0.3) is 0 Å². The number of benzene rings is 1. The highest BCUT2D eigenvalue weighted by Crippen LogP contribution is 2.59. The number of aliphatic hydroxyl groups is 2. The maximum atomic E-state index is 15.2. The lowest BCUT2D eigenvalue weighted by molar-refractivity contribution is -0.146. The third-order valence-electron chi connectivity index (χ3n) is 10.4. The molecule has 13 heteroatoms. The fraction of sp³-hybridized carbons (Fsp3) is 0.700. The predicted octanol–water partition coefficient (Wildman–Crippen LogP) is 2.20. The van der Waals surface area contributed by atoms with Crippen molar-refractivity contribution in [2.24, 2.45) is 29.1 Å². The topological polar surface area (TPSA) is 147 Å². The molecular weight excluding hydrogens is 564 g/mol. The molecular formula is C30H39F2N5O6. The van der Waals surface area contributed by atoms with E-state index in [9.17, 15) is 29.5 Å². The number of halogens is 2. The molecule has 11 nitrogen and oxygen atoms in total. The minimum absolute atomic E-state index is 0.0375. The Morgan fingerprint density at radius 2 is 2.05 bits per heavy atom. The van der Waals surface area contributed by atoms with Crippen LogP contribution in [0.1, 0.15) is 40.0 Å². The highest BCUT2D eigenvalue weighted by Gasteiger charge is 2.65. The average Bonchev–Trinajstić information content (AvgIpc) is 3.70. The summed E-state index contributed by atoms with van der Waals surface area (Å²) in [6.45, 7) is 5.68. The number of methoxy groups -OCH3 is 1. The molecule has 1 aromatic rings. The number of carbonyl (C=O) groups is 2. The molecule has 1 aromatic carbocycles. The van der Waals surface area contributed by atoms with Crippen LogP contribution in [0.2, 0.25) is 0 Å². The summed E-state index contributed by atoms with van der Waals surface area (Å²) >= 11 is 0. The van der Waals surface area contributed by atoms with Gasteiger partial charge in [0.15, 0.2) is 11.8 Å². The number of rotatable bonds is 4. The number of nitrogens with zero attached hydrogens (tertiary/aromatic N) is 3. The molecule has 2 amide bonds. The molecule has 2 saturated heterocycles. The lowest BCUT2D eigenvalue weighted by Gasteiger charge is -2.43. The van der Waals surface area contributed by atoms with Gasteiger partial charge in [0.2, 0.25) is 5.91 Å². The minimum atomic E-state index is -1.43. The third-order valence-corrected chi connectivity index (χ3v) is 10.4. The molecule has 0 radical (unpaired) electrons. The number of alkyl carbamates (subject to hydrolysis) is 1. The van der Waals surface area contributed by atoms with Gasteiger partial charge in [0.1, 0.15) is 30.0 Å². The van der Waals surface area contributed by atoms with E-state index in [0.717, 1.165) is 0 Å². The van der Waals surface area contributed by atoms with Crippen molar-refractivity contribution in [1.29, 1.82) is 5.26 Å². The monoisotopic (exact) mass is 603 g/mol. The van der Waals surface area contributed by atoms with Gasteiger partial charge in [0.05, 0.1) is 37.5 Å². The highest BCUT2D eigenvalue weighted by atomic mass is 19.1. The Morgan fingerprint density at radius 1 is 1.30 bits per heavy atom. The maximum Gasteiger partial charge on any atom is 0.407 e. The standard InChI is InChI=1S/C30H39F2N5O6/c1-29(2,3)24(35-28(41)42-4)26(39)36-12-18-14-7-17(19(32)8-14)22(18)23(36)25(38)37-13-30(10-16(37)11-33)27(40)34-20-6-5-15(31)9-21(20)43-30/h5-6,9,14,16-19,22-24,26-27,34,39-40H,7-8,10,12-13H2,1-4H3,(H,35,41). The summed E-state index contributed by atoms with van der Waals surface area (Å²) in [4.78, 5) is 29.9. The van der Waals surface area contributed by atoms with E-state index >= 15 is 4.39 Å². The number of nitriles is 1. The van der Waals surface area contributed by atoms with Crippen molar-refractivity contribution in [1.82, 2.24) is 15.1 Å². The second kappa shape index (κ2) is 10.5. The zero-order valence-electron chi connectivity index (χ0n) is 24.7. The number of carbonyl (C=O) groups excluding carboxylic acids is 2. The van der Waals surface area contributed by atoms with Gasteiger partial charge in [-0.15, -0.1) is 0 Å². The van der Waals surface area contributed by atoms with Crippen molar-refractivity contribution in [2.75, 3.05) is 25.5 Å². The van der Waals surface area contributed by atoms with Gasteiger partial charge in [-0.2, -0.15) is 5.26 Å². The van der Waals surface area contributed by atoms with Gasteiger partial charge in [-0.1, -0.05) is 20.8 Å². The molecule has 234 valence electrons. The van der Waals surface area contributed by atoms with E-state index < -0.39 is 71.5 Å². The molecule has 4 N–H and O–H groups in total. The number of fused-ring (bicyclic) bond motifs is 6. The first-order valence-corrected chi connectivity index (χ1v) is 14.8. The Labute approximate surface area is 249 Å². The fourth-order valence-electron chi connectivity index (χ4n) is 8.39. The third kappa shape index (κ3) is 4.78. The highest BCUT2D eigenvalue weighted by molar-refractivity contribution is 5.84. The number of nitrogens with one attached hydrogen (secondary N) is 2. The molecule has 3 aliphatic heterocycles. The first-order chi connectivity index (χ1) is 20.3. The molecule has 1 spiro atoms. The van der Waals surface area contributed by atoms with E-state index in [2.05, 4.69) is 16.7 Å². The van der Waals surface area contributed by atoms with Crippen LogP contribution >= 0.6 is 0 Å². The zero-order valence-corrected chi connectivity index (χ0v) is 24.7. The summed E-state index contributed by atoms with van der Waals surface area (Å²) in [5.41, 5.74) is -1.70. The van der Waals surface area contributed by atoms with E-state index in [1.54, 1.807) is 4.90 Å². The van der Waals surface area contributed by atoms with Gasteiger partial charge >= 0.3 is 6.09 Å². The SMILES string of the molecule is COC(=O)NC(C(O)N1CC2C3CC(F)C(C3)C2C1C(=O)N1CC2(CC1C#N)Oc1cc(F)ccc1NC2O)C(C)(C)C. The smallest absolute Gasteiger partial charge is 0.407 e. The molecule has 11 atom stereocenters. The zero-order chi connectivity index (χ0) is 31.0. The van der Waals surface area contributed by atoms with Crippen molar-refractivity contribution < 1.29 is 38.1 Å². The van der Waals surface area contributed by atoms with Gasteiger partial charge in [-0.3, -0.25) is 9.69 Å². The van der Waals surface area contributed by atoms with Gasteiger partial charge < -0.3 is 35.2 Å². The van der Waals surface area contributed by atoms with E-state index in [4.69, 9.17) is 9.47 Å². The van der Waals surface area contributed by atoms with E-state index in [-0.39, 0.29) is 36.5 Å². The number of ether oxygens (including phenoxy) is 2. The molecule has 11 unspecified atom stereocenters. The fourth-order valence-corrected chi connectivity index (χ4v) is 8.39. The van der Waals surface area contributed by atoms with E-state index in [0.29, 0.717) is 25.1 Å². The van der Waals surface area contributed by atoms with Crippen LogP contribution in [-0.4, -0.2) is 94.6 Å². The van der Waals surface area contributed by atoms with Crippen molar-refractivity contribution in [3.05, 3.63) is 24.0 Å². The molecule has 0 aromatic heterocycles. The Balaban J connectivity index is 1.34. The number of hydrogen-bond donors (Lipinski definition) is 4. The summed E-state index contributed by atoms with van der Waals surface area (Å²) in [7, 11) is 1.22. The number of aliphatic hydroxyl groups excluding tert-OH is 2. The first kappa shape index (κ1) is 29.8.